The lowest BCUT2D eigenvalue weighted by Gasteiger charge is -2.27. The molecule has 0 saturated heterocycles. The third-order valence-corrected chi connectivity index (χ3v) is 2.81. The molecule has 0 aliphatic rings. The first-order valence-electron chi connectivity index (χ1n) is 9.06. The molecule has 0 radical (unpaired) electrons. The van der Waals surface area contributed by atoms with Gasteiger partial charge in [0.05, 0.1) is 18.7 Å². The molecule has 25 heavy (non-hydrogen) atoms. The second-order valence-electron chi connectivity index (χ2n) is 8.10. The zero-order valence-electron chi connectivity index (χ0n) is 17.3. The highest BCUT2D eigenvalue weighted by Crippen LogP contribution is 2.09. The van der Waals surface area contributed by atoms with E-state index in [1.165, 1.54) is 0 Å². The number of rotatable bonds is 9. The van der Waals surface area contributed by atoms with Crippen molar-refractivity contribution >= 4 is 12.1 Å². The predicted octanol–water partition coefficient (Wildman–Crippen LogP) is 2.52. The lowest BCUT2D eigenvalue weighted by molar-refractivity contribution is 0.0476. The fourth-order valence-electron chi connectivity index (χ4n) is 1.80. The van der Waals surface area contributed by atoms with Crippen LogP contribution in [0.25, 0.3) is 0 Å². The summed E-state index contributed by atoms with van der Waals surface area (Å²) in [5.41, 5.74) is -1.03. The summed E-state index contributed by atoms with van der Waals surface area (Å²) in [6.45, 7) is 18.8. The van der Waals surface area contributed by atoms with E-state index in [4.69, 9.17) is 9.47 Å². The fourth-order valence-corrected chi connectivity index (χ4v) is 1.80. The molecule has 0 unspecified atom stereocenters. The normalized spacial score (nSPS) is 12.9. The van der Waals surface area contributed by atoms with E-state index in [0.29, 0.717) is 31.6 Å². The van der Waals surface area contributed by atoms with Gasteiger partial charge in [-0.3, -0.25) is 4.99 Å². The lowest BCUT2D eigenvalue weighted by atomic mass is 10.1. The van der Waals surface area contributed by atoms with E-state index in [0.717, 1.165) is 13.2 Å². The topological polar surface area (TPSA) is 84.0 Å². The quantitative estimate of drug-likeness (QED) is 0.335. The van der Waals surface area contributed by atoms with Crippen LogP contribution < -0.4 is 16.0 Å². The smallest absolute Gasteiger partial charge is 0.408 e. The molecule has 0 aromatic carbocycles. The number of amides is 1. The van der Waals surface area contributed by atoms with Gasteiger partial charge in [0.15, 0.2) is 5.96 Å². The maximum atomic E-state index is 11.9. The first-order chi connectivity index (χ1) is 11.4. The van der Waals surface area contributed by atoms with Crippen LogP contribution in [0.5, 0.6) is 0 Å². The molecular formula is C18H38N4O3. The Morgan fingerprint density at radius 1 is 1.12 bits per heavy atom. The summed E-state index contributed by atoms with van der Waals surface area (Å²) < 4.78 is 10.8. The first-order valence-corrected chi connectivity index (χ1v) is 9.06. The minimum Gasteiger partial charge on any atom is -0.444 e. The molecular weight excluding hydrogens is 320 g/mol. The van der Waals surface area contributed by atoms with Crippen LogP contribution in [-0.4, -0.2) is 56.0 Å². The Kier molecular flexibility index (Phi) is 10.5. The van der Waals surface area contributed by atoms with Gasteiger partial charge in [0.1, 0.15) is 5.60 Å². The summed E-state index contributed by atoms with van der Waals surface area (Å²) in [6.07, 6.45) is -0.437. The van der Waals surface area contributed by atoms with Gasteiger partial charge >= 0.3 is 6.09 Å². The second-order valence-corrected chi connectivity index (χ2v) is 8.10. The van der Waals surface area contributed by atoms with Gasteiger partial charge in [0.25, 0.3) is 0 Å². The number of nitrogens with one attached hydrogen (secondary N) is 3. The van der Waals surface area contributed by atoms with Crippen molar-refractivity contribution in [3.8, 4) is 0 Å². The molecule has 0 saturated carbocycles. The molecule has 148 valence electrons. The maximum absolute atomic E-state index is 11.9. The largest absolute Gasteiger partial charge is 0.444 e. The summed E-state index contributed by atoms with van der Waals surface area (Å²) in [7, 11) is 0. The molecule has 0 aromatic heterocycles. The van der Waals surface area contributed by atoms with Crippen molar-refractivity contribution in [1.82, 2.24) is 16.0 Å². The Balaban J connectivity index is 4.43. The van der Waals surface area contributed by atoms with Gasteiger partial charge in [-0.1, -0.05) is 13.8 Å². The minimum atomic E-state index is -0.518. The Hall–Kier alpha value is -1.50. The van der Waals surface area contributed by atoms with Gasteiger partial charge in [0.2, 0.25) is 0 Å². The maximum Gasteiger partial charge on any atom is 0.408 e. The summed E-state index contributed by atoms with van der Waals surface area (Å²) >= 11 is 0. The molecule has 0 heterocycles. The zero-order valence-corrected chi connectivity index (χ0v) is 17.3. The monoisotopic (exact) mass is 358 g/mol. The van der Waals surface area contributed by atoms with E-state index >= 15 is 0 Å². The molecule has 0 aliphatic heterocycles. The number of carbonyl (C=O) groups is 1. The van der Waals surface area contributed by atoms with Gasteiger partial charge in [-0.25, -0.2) is 4.79 Å². The van der Waals surface area contributed by atoms with Crippen LogP contribution in [-0.2, 0) is 9.47 Å². The van der Waals surface area contributed by atoms with E-state index in [1.807, 2.05) is 41.5 Å². The van der Waals surface area contributed by atoms with Crippen LogP contribution >= 0.6 is 0 Å². The van der Waals surface area contributed by atoms with Crippen LogP contribution in [0.4, 0.5) is 4.79 Å². The van der Waals surface area contributed by atoms with Crippen molar-refractivity contribution in [3.63, 3.8) is 0 Å². The Bertz CT molecular complexity index is 415. The van der Waals surface area contributed by atoms with E-state index in [-0.39, 0.29) is 0 Å². The van der Waals surface area contributed by atoms with Crippen molar-refractivity contribution in [2.24, 2.45) is 10.9 Å². The third-order valence-electron chi connectivity index (χ3n) is 2.81. The van der Waals surface area contributed by atoms with Crippen LogP contribution in [0.15, 0.2) is 4.99 Å². The van der Waals surface area contributed by atoms with Crippen LogP contribution in [0.1, 0.15) is 55.4 Å². The zero-order chi connectivity index (χ0) is 19.5. The van der Waals surface area contributed by atoms with Crippen molar-refractivity contribution in [2.45, 2.75) is 66.5 Å². The summed E-state index contributed by atoms with van der Waals surface area (Å²) in [4.78, 5) is 16.5. The number of guanidine groups is 1. The molecule has 0 bridgehead atoms. The molecule has 0 rings (SSSR count). The van der Waals surface area contributed by atoms with E-state index in [9.17, 15) is 4.79 Å². The molecule has 0 atom stereocenters. The molecule has 7 heteroatoms. The highest BCUT2D eigenvalue weighted by molar-refractivity contribution is 5.79. The van der Waals surface area contributed by atoms with Crippen molar-refractivity contribution in [3.05, 3.63) is 0 Å². The van der Waals surface area contributed by atoms with E-state index in [1.54, 1.807) is 0 Å². The molecule has 0 aromatic rings. The molecule has 7 nitrogen and oxygen atoms in total. The highest BCUT2D eigenvalue weighted by Gasteiger charge is 2.24. The second kappa shape index (κ2) is 11.2. The highest BCUT2D eigenvalue weighted by atomic mass is 16.6. The van der Waals surface area contributed by atoms with Crippen LogP contribution in [0.2, 0.25) is 0 Å². The Morgan fingerprint density at radius 3 is 2.28 bits per heavy atom. The van der Waals surface area contributed by atoms with Gasteiger partial charge in [-0.15, -0.1) is 0 Å². The van der Waals surface area contributed by atoms with Crippen molar-refractivity contribution < 1.29 is 14.3 Å². The van der Waals surface area contributed by atoms with Gasteiger partial charge in [0, 0.05) is 19.7 Å². The number of hydrogen-bond donors (Lipinski definition) is 3. The van der Waals surface area contributed by atoms with Gasteiger partial charge in [-0.05, 0) is 47.5 Å². The van der Waals surface area contributed by atoms with Gasteiger partial charge in [-0.2, -0.15) is 0 Å². The number of hydrogen-bond acceptors (Lipinski definition) is 4. The van der Waals surface area contributed by atoms with Crippen LogP contribution in [0, 0.1) is 5.92 Å². The summed E-state index contributed by atoms with van der Waals surface area (Å²) in [5.74, 6) is 1.23. The molecule has 0 spiro atoms. The SMILES string of the molecule is CCNC(=NCC(C)(C)NC(=O)OC(C)(C)C)NCCOCC(C)C. The molecule has 0 aliphatic carbocycles. The molecule has 0 fully saturated rings. The van der Waals surface area contributed by atoms with E-state index in [2.05, 4.69) is 34.8 Å². The number of aliphatic imine (C=N–C) groups is 1. The van der Waals surface area contributed by atoms with E-state index < -0.39 is 17.2 Å². The number of carbonyl (C=O) groups excluding carboxylic acids is 1. The average molecular weight is 359 g/mol. The van der Waals surface area contributed by atoms with Crippen molar-refractivity contribution in [2.75, 3.05) is 32.8 Å². The lowest BCUT2D eigenvalue weighted by Crippen LogP contribution is -2.49. The third kappa shape index (κ3) is 14.5. The summed E-state index contributed by atoms with van der Waals surface area (Å²) in [6, 6.07) is 0. The number of nitrogens with zero attached hydrogens (tertiary/aromatic N) is 1. The average Bonchev–Trinajstić information content (AvgIpc) is 2.41. The van der Waals surface area contributed by atoms with Crippen LogP contribution in [0.3, 0.4) is 0 Å². The summed E-state index contributed by atoms with van der Waals surface area (Å²) in [5, 5.41) is 9.26. The Labute approximate surface area is 153 Å². The standard InChI is InChI=1S/C18H38N4O3/c1-9-19-15(20-10-11-24-12-14(2)3)21-13-18(7,8)22-16(23)25-17(4,5)6/h14H,9-13H2,1-8H3,(H,22,23)(H2,19,20,21). The van der Waals surface area contributed by atoms with Gasteiger partial charge < -0.3 is 25.4 Å². The Morgan fingerprint density at radius 2 is 1.76 bits per heavy atom. The number of ether oxygens (including phenoxy) is 2. The molecule has 1 amide bonds. The fraction of sp³-hybridized carbons (Fsp3) is 0.889. The number of alkyl carbamates (subject to hydrolysis) is 1. The van der Waals surface area contributed by atoms with Crippen molar-refractivity contribution in [1.29, 1.82) is 0 Å². The minimum absolute atomic E-state index is 0.425. The molecule has 3 N–H and O–H groups in total. The first kappa shape index (κ1) is 23.5. The predicted molar refractivity (Wildman–Crippen MR) is 103 cm³/mol.